The summed E-state index contributed by atoms with van der Waals surface area (Å²) < 4.78 is 5.58. The summed E-state index contributed by atoms with van der Waals surface area (Å²) in [6, 6.07) is 8.12. The molecule has 0 spiro atoms. The average Bonchev–Trinajstić information content (AvgIpc) is 2.91. The molecule has 2 atom stereocenters. The van der Waals surface area contributed by atoms with E-state index in [0.717, 1.165) is 37.2 Å². The first kappa shape index (κ1) is 11.5. The van der Waals surface area contributed by atoms with Gasteiger partial charge in [0.25, 0.3) is 0 Å². The smallest absolute Gasteiger partial charge is 0.228 e. The summed E-state index contributed by atoms with van der Waals surface area (Å²) >= 11 is 0. The van der Waals surface area contributed by atoms with Crippen LogP contribution in [0.1, 0.15) is 24.3 Å². The van der Waals surface area contributed by atoms with E-state index in [9.17, 15) is 4.79 Å². The minimum Gasteiger partial charge on any atom is -0.493 e. The molecule has 2 aliphatic rings. The number of rotatable bonds is 2. The second-order valence-electron chi connectivity index (χ2n) is 4.93. The van der Waals surface area contributed by atoms with Gasteiger partial charge in [0.15, 0.2) is 0 Å². The van der Waals surface area contributed by atoms with Gasteiger partial charge in [-0.3, -0.25) is 4.79 Å². The number of hydrogen-bond donors (Lipinski definition) is 2. The van der Waals surface area contributed by atoms with Crippen molar-refractivity contribution in [1.29, 1.82) is 0 Å². The molecule has 1 unspecified atom stereocenters. The fourth-order valence-electron chi connectivity index (χ4n) is 2.69. The standard InChI is InChI=1S/C14H18N2O2/c17-14(16-10-5-7-15-9-10)12-6-8-18-13-4-2-1-3-11(12)13/h1-4,10,12,15H,5-9H2,(H,16,17)/t10-,12?/m1/s1. The van der Waals surface area contributed by atoms with Gasteiger partial charge in [0.2, 0.25) is 5.91 Å². The van der Waals surface area contributed by atoms with Gasteiger partial charge in [-0.2, -0.15) is 0 Å². The minimum absolute atomic E-state index is 0.0597. The van der Waals surface area contributed by atoms with Crippen LogP contribution in [0.25, 0.3) is 0 Å². The van der Waals surface area contributed by atoms with Crippen molar-refractivity contribution in [2.24, 2.45) is 0 Å². The Morgan fingerprint density at radius 2 is 2.22 bits per heavy atom. The number of carbonyl (C=O) groups excluding carboxylic acids is 1. The van der Waals surface area contributed by atoms with Crippen LogP contribution in [-0.4, -0.2) is 31.6 Å². The summed E-state index contributed by atoms with van der Waals surface area (Å²) in [5.74, 6) is 0.934. The van der Waals surface area contributed by atoms with Gasteiger partial charge in [-0.05, 0) is 25.5 Å². The van der Waals surface area contributed by atoms with E-state index in [4.69, 9.17) is 4.74 Å². The van der Waals surface area contributed by atoms with E-state index in [-0.39, 0.29) is 17.9 Å². The van der Waals surface area contributed by atoms with Crippen molar-refractivity contribution in [1.82, 2.24) is 10.6 Å². The third-order valence-electron chi connectivity index (χ3n) is 3.68. The van der Waals surface area contributed by atoms with E-state index < -0.39 is 0 Å². The summed E-state index contributed by atoms with van der Waals surface area (Å²) in [7, 11) is 0. The molecule has 2 heterocycles. The summed E-state index contributed by atoms with van der Waals surface area (Å²) in [6.45, 7) is 2.50. The molecular formula is C14H18N2O2. The number of para-hydroxylation sites is 1. The van der Waals surface area contributed by atoms with Crippen molar-refractivity contribution in [2.45, 2.75) is 24.8 Å². The third kappa shape index (κ3) is 2.20. The lowest BCUT2D eigenvalue weighted by molar-refractivity contribution is -0.123. The van der Waals surface area contributed by atoms with Crippen LogP contribution in [0.4, 0.5) is 0 Å². The number of amides is 1. The topological polar surface area (TPSA) is 50.4 Å². The Labute approximate surface area is 107 Å². The maximum atomic E-state index is 12.3. The number of hydrogen-bond acceptors (Lipinski definition) is 3. The summed E-state index contributed by atoms with van der Waals surface area (Å²) in [4.78, 5) is 12.3. The lowest BCUT2D eigenvalue weighted by Gasteiger charge is -2.26. The zero-order chi connectivity index (χ0) is 12.4. The van der Waals surface area contributed by atoms with E-state index in [1.54, 1.807) is 0 Å². The van der Waals surface area contributed by atoms with Gasteiger partial charge in [0.05, 0.1) is 12.5 Å². The highest BCUT2D eigenvalue weighted by Gasteiger charge is 2.29. The Hall–Kier alpha value is -1.55. The SMILES string of the molecule is O=C(N[C@@H]1CCNC1)C1CCOc2ccccc21. The first-order valence-electron chi connectivity index (χ1n) is 6.57. The van der Waals surface area contributed by atoms with Gasteiger partial charge < -0.3 is 15.4 Å². The normalized spacial score (nSPS) is 26.2. The maximum absolute atomic E-state index is 12.3. The van der Waals surface area contributed by atoms with Crippen molar-refractivity contribution in [2.75, 3.05) is 19.7 Å². The number of benzene rings is 1. The average molecular weight is 246 g/mol. The van der Waals surface area contributed by atoms with E-state index >= 15 is 0 Å². The monoisotopic (exact) mass is 246 g/mol. The number of nitrogens with one attached hydrogen (secondary N) is 2. The van der Waals surface area contributed by atoms with E-state index in [1.165, 1.54) is 0 Å². The molecule has 4 heteroatoms. The van der Waals surface area contributed by atoms with Crippen molar-refractivity contribution < 1.29 is 9.53 Å². The van der Waals surface area contributed by atoms with Crippen LogP contribution in [0.5, 0.6) is 5.75 Å². The Bertz CT molecular complexity index is 441. The largest absolute Gasteiger partial charge is 0.493 e. The van der Waals surface area contributed by atoms with Crippen molar-refractivity contribution in [3.8, 4) is 5.75 Å². The second-order valence-corrected chi connectivity index (χ2v) is 4.93. The number of carbonyl (C=O) groups is 1. The zero-order valence-electron chi connectivity index (χ0n) is 10.3. The molecule has 1 aromatic carbocycles. The molecule has 2 aliphatic heterocycles. The molecule has 0 bridgehead atoms. The lowest BCUT2D eigenvalue weighted by Crippen LogP contribution is -2.40. The maximum Gasteiger partial charge on any atom is 0.228 e. The van der Waals surface area contributed by atoms with Crippen LogP contribution < -0.4 is 15.4 Å². The molecule has 18 heavy (non-hydrogen) atoms. The minimum atomic E-state index is -0.0597. The van der Waals surface area contributed by atoms with Crippen molar-refractivity contribution in [3.05, 3.63) is 29.8 Å². The van der Waals surface area contributed by atoms with Gasteiger partial charge in [-0.25, -0.2) is 0 Å². The molecule has 3 rings (SSSR count). The fraction of sp³-hybridized carbons (Fsp3) is 0.500. The van der Waals surface area contributed by atoms with Gasteiger partial charge in [-0.15, -0.1) is 0 Å². The Morgan fingerprint density at radius 1 is 1.33 bits per heavy atom. The van der Waals surface area contributed by atoms with Crippen LogP contribution in [0.15, 0.2) is 24.3 Å². The summed E-state index contributed by atoms with van der Waals surface area (Å²) in [6.07, 6.45) is 1.79. The highest BCUT2D eigenvalue weighted by atomic mass is 16.5. The van der Waals surface area contributed by atoms with E-state index in [2.05, 4.69) is 10.6 Å². The highest BCUT2D eigenvalue weighted by Crippen LogP contribution is 2.33. The molecule has 96 valence electrons. The van der Waals surface area contributed by atoms with Gasteiger partial charge in [-0.1, -0.05) is 18.2 Å². The van der Waals surface area contributed by atoms with Crippen LogP contribution in [0.3, 0.4) is 0 Å². The first-order chi connectivity index (χ1) is 8.84. The van der Waals surface area contributed by atoms with Crippen LogP contribution >= 0.6 is 0 Å². The quantitative estimate of drug-likeness (QED) is 0.819. The Morgan fingerprint density at radius 3 is 3.06 bits per heavy atom. The number of ether oxygens (including phenoxy) is 1. The van der Waals surface area contributed by atoms with Gasteiger partial charge >= 0.3 is 0 Å². The predicted molar refractivity (Wildman–Crippen MR) is 68.7 cm³/mol. The summed E-state index contributed by atoms with van der Waals surface area (Å²) in [5.41, 5.74) is 1.02. The van der Waals surface area contributed by atoms with Crippen molar-refractivity contribution >= 4 is 5.91 Å². The molecule has 0 saturated carbocycles. The highest BCUT2D eigenvalue weighted by molar-refractivity contribution is 5.85. The van der Waals surface area contributed by atoms with Crippen LogP contribution in [0, 0.1) is 0 Å². The lowest BCUT2D eigenvalue weighted by atomic mass is 9.92. The molecule has 0 aliphatic carbocycles. The third-order valence-corrected chi connectivity index (χ3v) is 3.68. The summed E-state index contributed by atoms with van der Waals surface area (Å²) in [5, 5.41) is 6.39. The first-order valence-corrected chi connectivity index (χ1v) is 6.57. The number of fused-ring (bicyclic) bond motifs is 1. The van der Waals surface area contributed by atoms with Crippen LogP contribution in [-0.2, 0) is 4.79 Å². The van der Waals surface area contributed by atoms with E-state index in [0.29, 0.717) is 6.61 Å². The van der Waals surface area contributed by atoms with Crippen molar-refractivity contribution in [3.63, 3.8) is 0 Å². The van der Waals surface area contributed by atoms with Gasteiger partial charge in [0, 0.05) is 18.2 Å². The second kappa shape index (κ2) is 4.98. The molecule has 0 aromatic heterocycles. The molecular weight excluding hydrogens is 228 g/mol. The zero-order valence-corrected chi connectivity index (χ0v) is 10.3. The van der Waals surface area contributed by atoms with Gasteiger partial charge in [0.1, 0.15) is 5.75 Å². The van der Waals surface area contributed by atoms with Crippen LogP contribution in [0.2, 0.25) is 0 Å². The molecule has 1 fully saturated rings. The molecule has 4 nitrogen and oxygen atoms in total. The Balaban J connectivity index is 1.74. The molecule has 2 N–H and O–H groups in total. The molecule has 1 saturated heterocycles. The molecule has 0 radical (unpaired) electrons. The fourth-order valence-corrected chi connectivity index (χ4v) is 2.69. The molecule has 1 amide bonds. The Kier molecular flexibility index (Phi) is 3.19. The molecule has 1 aromatic rings. The predicted octanol–water partition coefficient (Wildman–Crippen LogP) is 1.03. The van der Waals surface area contributed by atoms with E-state index in [1.807, 2.05) is 24.3 Å².